The molecule has 2 aliphatic carbocycles. The van der Waals surface area contributed by atoms with E-state index in [1.165, 1.54) is 45.0 Å². The second-order valence-corrected chi connectivity index (χ2v) is 32.1. The van der Waals surface area contributed by atoms with Gasteiger partial charge in [0, 0.05) is 68.8 Å². The molecule has 6 aromatic rings. The summed E-state index contributed by atoms with van der Waals surface area (Å²) in [5.74, 6) is -12.7. The molecular formula is C72H74Br6F9N6O11+. The summed E-state index contributed by atoms with van der Waals surface area (Å²) in [5, 5.41) is 25.1. The second-order valence-electron chi connectivity index (χ2n) is 26.9. The highest BCUT2D eigenvalue weighted by Crippen LogP contribution is 2.46. The molecule has 17 nitrogen and oxygen atoms in total. The molecule has 0 saturated heterocycles. The quantitative estimate of drug-likeness (QED) is 0.0512. The summed E-state index contributed by atoms with van der Waals surface area (Å²) < 4.78 is 134. The summed E-state index contributed by atoms with van der Waals surface area (Å²) in [5.41, 5.74) is 12.8. The van der Waals surface area contributed by atoms with E-state index in [1.807, 2.05) is 46.4 Å². The largest absolute Gasteiger partial charge is 1.00 e. The summed E-state index contributed by atoms with van der Waals surface area (Å²) in [7, 11) is 0. The lowest BCUT2D eigenvalue weighted by molar-refractivity contribution is -0.120. The van der Waals surface area contributed by atoms with Crippen molar-refractivity contribution in [3.63, 3.8) is 0 Å². The lowest BCUT2D eigenvalue weighted by atomic mass is 9.86. The maximum atomic E-state index is 14.3. The van der Waals surface area contributed by atoms with Crippen LogP contribution in [0.1, 0.15) is 157 Å². The van der Waals surface area contributed by atoms with Crippen molar-refractivity contribution in [3.05, 3.63) is 183 Å². The monoisotopic (exact) mass is 1840 g/mol. The number of carbonyl (C=O) groups excluding carboxylic acids is 4. The molecule has 2 fully saturated rings. The number of nitrogens with two attached hydrogens (primary N) is 2. The molecule has 2 saturated carbocycles. The van der Waals surface area contributed by atoms with Crippen molar-refractivity contribution in [3.8, 4) is 0 Å². The Morgan fingerprint density at radius 3 is 1.21 bits per heavy atom. The molecule has 2 atom stereocenters. The predicted molar refractivity (Wildman–Crippen MR) is 399 cm³/mol. The summed E-state index contributed by atoms with van der Waals surface area (Å²) in [6, 6.07) is 10.2. The third-order valence-corrected chi connectivity index (χ3v) is 20.6. The molecule has 7 N–H and O–H groups in total. The zero-order chi connectivity index (χ0) is 78.6. The van der Waals surface area contributed by atoms with E-state index in [1.54, 1.807) is 26.8 Å². The molecule has 562 valence electrons. The maximum Gasteiger partial charge on any atom is 1.00 e. The van der Waals surface area contributed by atoms with Crippen LogP contribution in [0.4, 0.5) is 56.6 Å². The number of carbonyl (C=O) groups is 6. The number of hydrogen-bond donors (Lipinski definition) is 5. The molecule has 0 spiro atoms. The highest BCUT2D eigenvalue weighted by molar-refractivity contribution is 9.11. The first-order valence-corrected chi connectivity index (χ1v) is 36.4. The van der Waals surface area contributed by atoms with Gasteiger partial charge in [-0.25, -0.2) is 59.1 Å². The van der Waals surface area contributed by atoms with E-state index in [0.29, 0.717) is 74.3 Å². The third-order valence-electron chi connectivity index (χ3n) is 16.4. The molecule has 12 rings (SSSR count). The molecule has 0 amide bonds. The number of carboxylic acids is 2. The summed E-state index contributed by atoms with van der Waals surface area (Å²) in [6.45, 7) is 22.2. The number of carboxylic acid groups (broad SMARTS) is 2. The van der Waals surface area contributed by atoms with Crippen LogP contribution in [-0.2, 0) is 19.1 Å². The smallest absolute Gasteiger partial charge is 0.477 e. The minimum absolute atomic E-state index is 0. The topological polar surface area (TPSA) is 265 Å². The van der Waals surface area contributed by atoms with Crippen LogP contribution in [0.25, 0.3) is 0 Å². The van der Waals surface area contributed by atoms with E-state index in [4.69, 9.17) is 36.3 Å². The number of aromatic carboxylic acids is 2. The Labute approximate surface area is 646 Å². The summed E-state index contributed by atoms with van der Waals surface area (Å²) in [6.07, 6.45) is 4.30. The first-order valence-electron chi connectivity index (χ1n) is 31.7. The number of halogens is 15. The highest BCUT2D eigenvalue weighted by atomic mass is 79.9. The van der Waals surface area contributed by atoms with Crippen molar-refractivity contribution in [1.82, 2.24) is 0 Å². The van der Waals surface area contributed by atoms with E-state index in [2.05, 4.69) is 110 Å². The first-order chi connectivity index (χ1) is 48.1. The molecule has 2 unspecified atom stereocenters. The van der Waals surface area contributed by atoms with Crippen molar-refractivity contribution in [2.24, 2.45) is 27.6 Å². The number of benzene rings is 6. The van der Waals surface area contributed by atoms with Gasteiger partial charge in [0.1, 0.15) is 99.4 Å². The van der Waals surface area contributed by atoms with Gasteiger partial charge in [-0.05, 0) is 174 Å². The number of hydrogen-bond acceptors (Lipinski definition) is 15. The molecular weight excluding hydrogens is 1780 g/mol. The van der Waals surface area contributed by atoms with E-state index in [9.17, 15) is 68.3 Å². The van der Waals surface area contributed by atoms with E-state index >= 15 is 0 Å². The Balaban J connectivity index is 0.000000224. The van der Waals surface area contributed by atoms with Crippen molar-refractivity contribution in [2.75, 3.05) is 48.4 Å². The van der Waals surface area contributed by atoms with Crippen molar-refractivity contribution in [1.29, 1.82) is 0 Å². The fourth-order valence-electron chi connectivity index (χ4n) is 10.5. The fourth-order valence-corrected chi connectivity index (χ4v) is 12.9. The van der Waals surface area contributed by atoms with Crippen LogP contribution in [0, 0.1) is 91.9 Å². The molecule has 104 heavy (non-hydrogen) atoms. The maximum absolute atomic E-state index is 14.3. The lowest BCUT2D eigenvalue weighted by Gasteiger charge is -2.36. The van der Waals surface area contributed by atoms with Crippen LogP contribution in [0.2, 0.25) is 0 Å². The molecule has 4 aliphatic heterocycles. The summed E-state index contributed by atoms with van der Waals surface area (Å²) >= 11 is 18.7. The first kappa shape index (κ1) is 86.4. The molecule has 32 heteroatoms. The summed E-state index contributed by atoms with van der Waals surface area (Å²) in [4.78, 5) is 81.7. The van der Waals surface area contributed by atoms with Crippen molar-refractivity contribution in [2.45, 2.75) is 137 Å². The Kier molecular flexibility index (Phi) is 29.1. The SMILES string of the molecule is CC(=O)C1CN(C2CC2)c2c(C)c(Br)cc(F)c2C1=O.CC(=O)C1CN(C2CC2)c2c(C)c(Br)cc(N)c2C1=O.CC(C)(N)CO.CC1(C)COC(c2c(F)cc(Br)cc2F)=N1.Cc1c(Br)cc(F)c(C(=O)O)c1F.Cc1c(Br)cc(F)c(C2=NC(C)(C)CO2)c1F.O=C(O)c1c(F)cc(Br)cc1F.[H+]. The highest BCUT2D eigenvalue weighted by Gasteiger charge is 2.45. The van der Waals surface area contributed by atoms with E-state index in [-0.39, 0.29) is 74.2 Å². The number of anilines is 3. The van der Waals surface area contributed by atoms with Gasteiger partial charge in [0.05, 0.1) is 52.0 Å². The minimum atomic E-state index is -1.61. The molecule has 0 aromatic heterocycles. The van der Waals surface area contributed by atoms with Gasteiger partial charge in [0.2, 0.25) is 11.8 Å². The van der Waals surface area contributed by atoms with Crippen LogP contribution in [0.15, 0.2) is 85.4 Å². The van der Waals surface area contributed by atoms with Crippen LogP contribution < -0.4 is 21.3 Å². The Bertz CT molecular complexity index is 4330. The molecule has 0 bridgehead atoms. The van der Waals surface area contributed by atoms with Gasteiger partial charge in [-0.2, -0.15) is 0 Å². The van der Waals surface area contributed by atoms with Gasteiger partial charge in [-0.1, -0.05) is 95.6 Å². The van der Waals surface area contributed by atoms with Crippen LogP contribution in [0.5, 0.6) is 0 Å². The van der Waals surface area contributed by atoms with Crippen molar-refractivity contribution < 1.29 is 94.5 Å². The van der Waals surface area contributed by atoms with Crippen molar-refractivity contribution >= 4 is 160 Å². The zero-order valence-electron chi connectivity index (χ0n) is 59.0. The predicted octanol–water partition coefficient (Wildman–Crippen LogP) is 17.8. The van der Waals surface area contributed by atoms with Gasteiger partial charge in [-0.15, -0.1) is 0 Å². The van der Waals surface area contributed by atoms with Crippen LogP contribution in [0.3, 0.4) is 0 Å². The van der Waals surface area contributed by atoms with Crippen LogP contribution >= 0.6 is 95.6 Å². The molecule has 0 radical (unpaired) electrons. The number of nitrogen functional groups attached to an aromatic ring is 1. The number of rotatable bonds is 9. The standard InChI is InChI=1S/C15H15BrFNO2.C15H17BrN2O2.C12H12BrF2NO.C11H10BrF2NO.C8H5BrF2O2.C7H3BrF2O2.C4H11NO/c2*1-7-11(16)5-12(17)13-14(7)18(9-3-4-9)6-10(8(2)19)15(13)20;1-6-7(13)4-8(14)9(10(6)15)11-16-12(2,3)5-17-11;1-11(2)5-16-10(15-11)9-7(13)3-6(12)4-8(9)14;1-3-4(9)2-5(10)6(7(3)11)8(12)13;8-3-1-4(9)6(7(11)12)5(10)2-3;1-4(2,5)3-6/h5,9-10H,3-4,6H2,1-2H3;5,9-10H,3-4,6,17H2,1-2H3;4H,5H2,1-3H3;3-4H,5H2,1-2H3;2H,1H3,(H,12,13);1-2H,(H,11,12);6H,3,5H2,1-2H3/p+1. The number of aliphatic hydroxyl groups excluding tert-OH is 1. The number of nitrogens with zero attached hydrogens (tertiary/aromatic N) is 4. The minimum Gasteiger partial charge on any atom is -0.477 e. The zero-order valence-corrected chi connectivity index (χ0v) is 67.5. The number of Topliss-reactive ketones (excluding diaryl/α,β-unsaturated/α-hetero) is 4. The number of ether oxygens (including phenoxy) is 2. The Morgan fingerprint density at radius 1 is 0.529 bits per heavy atom. The number of fused-ring (bicyclic) bond motifs is 2. The van der Waals surface area contributed by atoms with Gasteiger partial charge >= 0.3 is 13.4 Å². The number of aliphatic imine (C=N–C) groups is 2. The molecule has 6 aromatic carbocycles. The molecule has 4 heterocycles. The normalized spacial score (nSPS) is 17.2. The van der Waals surface area contributed by atoms with Crippen LogP contribution in [-0.4, -0.2) is 124 Å². The second kappa shape index (κ2) is 35.0. The number of ketones is 4. The lowest BCUT2D eigenvalue weighted by Crippen LogP contribution is -2.44. The van der Waals surface area contributed by atoms with E-state index < -0.39 is 104 Å². The van der Waals surface area contributed by atoms with E-state index in [0.717, 1.165) is 65.2 Å². The fraction of sp³-hybridized carbons (Fsp3) is 0.389. The Morgan fingerprint density at radius 2 is 0.846 bits per heavy atom. The number of aliphatic hydroxyl groups is 1. The van der Waals surface area contributed by atoms with Gasteiger partial charge in [0.25, 0.3) is 0 Å². The van der Waals surface area contributed by atoms with Gasteiger partial charge in [0.15, 0.2) is 11.6 Å². The third kappa shape index (κ3) is 21.2. The Hall–Kier alpha value is -6.55. The average molecular weight is 1850 g/mol. The van der Waals surface area contributed by atoms with Gasteiger partial charge in [-0.3, -0.25) is 19.2 Å². The average Bonchev–Trinajstić information content (AvgIpc) is 1.66. The molecule has 6 aliphatic rings. The van der Waals surface area contributed by atoms with Gasteiger partial charge < -0.3 is 46.1 Å².